The molecule has 18 heavy (non-hydrogen) atoms. The van der Waals surface area contributed by atoms with Crippen LogP contribution in [-0.4, -0.2) is 5.16 Å². The topological polar surface area (TPSA) is 52.0 Å². The number of benzene rings is 1. The summed E-state index contributed by atoms with van der Waals surface area (Å²) in [7, 11) is 0. The van der Waals surface area contributed by atoms with Crippen LogP contribution in [0.1, 0.15) is 31.9 Å². The Morgan fingerprint density at radius 2 is 1.89 bits per heavy atom. The molecule has 3 nitrogen and oxygen atoms in total. The fraction of sp³-hybridized carbons (Fsp3) is 0.308. The predicted octanol–water partition coefficient (Wildman–Crippen LogP) is 3.72. The van der Waals surface area contributed by atoms with Crippen LogP contribution >= 0.6 is 0 Å². The molecule has 0 spiro atoms. The van der Waals surface area contributed by atoms with Gasteiger partial charge < -0.3 is 10.3 Å². The average molecular weight is 252 g/mol. The van der Waals surface area contributed by atoms with Crippen molar-refractivity contribution in [3.05, 3.63) is 35.5 Å². The maximum atomic E-state index is 13.2. The number of aromatic nitrogens is 1. The van der Waals surface area contributed by atoms with Gasteiger partial charge in [0.1, 0.15) is 11.6 Å². The third-order valence-electron chi connectivity index (χ3n) is 2.98. The molecule has 0 amide bonds. The molecule has 5 heteroatoms. The summed E-state index contributed by atoms with van der Waals surface area (Å²) < 4.78 is 31.4. The van der Waals surface area contributed by atoms with Crippen molar-refractivity contribution >= 4 is 5.88 Å². The zero-order valence-corrected chi connectivity index (χ0v) is 10.2. The Hall–Kier alpha value is -1.91. The average Bonchev–Trinajstić information content (AvgIpc) is 2.69. The monoisotopic (exact) mass is 252 g/mol. The predicted molar refractivity (Wildman–Crippen MR) is 65.0 cm³/mol. The molecule has 1 aromatic heterocycles. The van der Waals surface area contributed by atoms with Crippen LogP contribution in [0.15, 0.2) is 22.7 Å². The number of anilines is 1. The van der Waals surface area contributed by atoms with Gasteiger partial charge in [-0.3, -0.25) is 0 Å². The van der Waals surface area contributed by atoms with Gasteiger partial charge >= 0.3 is 0 Å². The summed E-state index contributed by atoms with van der Waals surface area (Å²) in [5, 5.41) is 3.88. The van der Waals surface area contributed by atoms with E-state index in [0.717, 1.165) is 12.5 Å². The van der Waals surface area contributed by atoms with E-state index in [9.17, 15) is 8.78 Å². The van der Waals surface area contributed by atoms with Crippen molar-refractivity contribution in [3.63, 3.8) is 0 Å². The summed E-state index contributed by atoms with van der Waals surface area (Å²) >= 11 is 0. The molecule has 1 heterocycles. The Labute approximate surface area is 104 Å². The second kappa shape index (κ2) is 4.76. The summed E-state index contributed by atoms with van der Waals surface area (Å²) in [6, 6.07) is 3.26. The molecular formula is C13H14F2N2O. The molecule has 0 bridgehead atoms. The van der Waals surface area contributed by atoms with Crippen LogP contribution in [0.25, 0.3) is 11.1 Å². The molecule has 1 atom stereocenters. The fourth-order valence-electron chi connectivity index (χ4n) is 1.83. The van der Waals surface area contributed by atoms with Gasteiger partial charge in [-0.2, -0.15) is 0 Å². The van der Waals surface area contributed by atoms with Crippen LogP contribution in [0.2, 0.25) is 0 Å². The van der Waals surface area contributed by atoms with Gasteiger partial charge in [0.2, 0.25) is 5.88 Å². The molecular weight excluding hydrogens is 238 g/mol. The standard InChI is InChI=1S/C13H14F2N2O/c1-3-7(2)12-11(13(16)18-17-12)8-4-9(14)6-10(15)5-8/h4-7H,3,16H2,1-2H3. The highest BCUT2D eigenvalue weighted by molar-refractivity contribution is 5.75. The summed E-state index contributed by atoms with van der Waals surface area (Å²) in [4.78, 5) is 0. The summed E-state index contributed by atoms with van der Waals surface area (Å²) in [6.45, 7) is 3.95. The van der Waals surface area contributed by atoms with Gasteiger partial charge in [0, 0.05) is 12.0 Å². The molecule has 0 aliphatic heterocycles. The van der Waals surface area contributed by atoms with Crippen molar-refractivity contribution in [2.45, 2.75) is 26.2 Å². The lowest BCUT2D eigenvalue weighted by Crippen LogP contribution is -1.96. The normalized spacial score (nSPS) is 12.7. The Kier molecular flexibility index (Phi) is 3.32. The molecule has 1 aromatic carbocycles. The van der Waals surface area contributed by atoms with Crippen molar-refractivity contribution in [2.75, 3.05) is 5.73 Å². The van der Waals surface area contributed by atoms with E-state index in [2.05, 4.69) is 5.16 Å². The largest absolute Gasteiger partial charge is 0.367 e. The SMILES string of the molecule is CCC(C)c1noc(N)c1-c1cc(F)cc(F)c1. The van der Waals surface area contributed by atoms with Crippen LogP contribution in [0.3, 0.4) is 0 Å². The Bertz CT molecular complexity index is 546. The van der Waals surface area contributed by atoms with Gasteiger partial charge in [-0.25, -0.2) is 8.78 Å². The molecule has 2 N–H and O–H groups in total. The van der Waals surface area contributed by atoms with Crippen molar-refractivity contribution in [3.8, 4) is 11.1 Å². The number of halogens is 2. The molecule has 2 rings (SSSR count). The van der Waals surface area contributed by atoms with Crippen molar-refractivity contribution in [1.82, 2.24) is 5.16 Å². The van der Waals surface area contributed by atoms with Gasteiger partial charge in [-0.05, 0) is 24.1 Å². The zero-order valence-electron chi connectivity index (χ0n) is 10.2. The van der Waals surface area contributed by atoms with E-state index >= 15 is 0 Å². The Balaban J connectivity index is 2.59. The molecule has 0 aliphatic rings. The van der Waals surface area contributed by atoms with Crippen LogP contribution in [0.5, 0.6) is 0 Å². The minimum absolute atomic E-state index is 0.0790. The summed E-state index contributed by atoms with van der Waals surface area (Å²) in [5.41, 5.74) is 7.14. The fourth-order valence-corrected chi connectivity index (χ4v) is 1.83. The number of rotatable bonds is 3. The molecule has 0 aliphatic carbocycles. The number of hydrogen-bond donors (Lipinski definition) is 1. The molecule has 96 valence electrons. The highest BCUT2D eigenvalue weighted by Crippen LogP contribution is 2.35. The summed E-state index contributed by atoms with van der Waals surface area (Å²) in [5.74, 6) is -1.12. The number of hydrogen-bond acceptors (Lipinski definition) is 3. The van der Waals surface area contributed by atoms with Crippen LogP contribution < -0.4 is 5.73 Å². The number of nitrogens with two attached hydrogens (primary N) is 1. The molecule has 0 fully saturated rings. The van der Waals surface area contributed by atoms with Gasteiger partial charge in [0.05, 0.1) is 11.3 Å². The van der Waals surface area contributed by atoms with E-state index in [1.807, 2.05) is 13.8 Å². The molecule has 1 unspecified atom stereocenters. The van der Waals surface area contributed by atoms with Gasteiger partial charge in [-0.1, -0.05) is 19.0 Å². The van der Waals surface area contributed by atoms with E-state index in [1.165, 1.54) is 12.1 Å². The smallest absolute Gasteiger partial charge is 0.230 e. The third-order valence-corrected chi connectivity index (χ3v) is 2.98. The highest BCUT2D eigenvalue weighted by atomic mass is 19.1. The van der Waals surface area contributed by atoms with Crippen molar-refractivity contribution in [1.29, 1.82) is 0 Å². The summed E-state index contributed by atoms with van der Waals surface area (Å²) in [6.07, 6.45) is 0.830. The van der Waals surface area contributed by atoms with E-state index in [1.54, 1.807) is 0 Å². The van der Waals surface area contributed by atoms with E-state index in [4.69, 9.17) is 10.3 Å². The molecule has 0 saturated carbocycles. The molecule has 2 aromatic rings. The lowest BCUT2D eigenvalue weighted by atomic mass is 9.96. The van der Waals surface area contributed by atoms with Gasteiger partial charge in [-0.15, -0.1) is 0 Å². The Morgan fingerprint density at radius 1 is 1.28 bits per heavy atom. The lowest BCUT2D eigenvalue weighted by molar-refractivity contribution is 0.421. The minimum Gasteiger partial charge on any atom is -0.367 e. The maximum Gasteiger partial charge on any atom is 0.230 e. The first-order chi connectivity index (χ1) is 8.52. The number of nitrogen functional groups attached to an aromatic ring is 1. The second-order valence-electron chi connectivity index (χ2n) is 4.27. The Morgan fingerprint density at radius 3 is 2.44 bits per heavy atom. The first kappa shape index (κ1) is 12.5. The van der Waals surface area contributed by atoms with E-state index in [0.29, 0.717) is 16.8 Å². The van der Waals surface area contributed by atoms with Crippen molar-refractivity contribution < 1.29 is 13.3 Å². The maximum absolute atomic E-state index is 13.2. The molecule has 0 saturated heterocycles. The molecule has 0 radical (unpaired) electrons. The second-order valence-corrected chi connectivity index (χ2v) is 4.27. The highest BCUT2D eigenvalue weighted by Gasteiger charge is 2.20. The number of nitrogens with zero attached hydrogens (tertiary/aromatic N) is 1. The third kappa shape index (κ3) is 2.20. The lowest BCUT2D eigenvalue weighted by Gasteiger charge is -2.08. The first-order valence-corrected chi connectivity index (χ1v) is 5.74. The van der Waals surface area contributed by atoms with Crippen LogP contribution in [0.4, 0.5) is 14.7 Å². The van der Waals surface area contributed by atoms with E-state index < -0.39 is 11.6 Å². The zero-order chi connectivity index (χ0) is 13.3. The van der Waals surface area contributed by atoms with Crippen molar-refractivity contribution in [2.24, 2.45) is 0 Å². The van der Waals surface area contributed by atoms with E-state index in [-0.39, 0.29) is 11.8 Å². The van der Waals surface area contributed by atoms with Gasteiger partial charge in [0.25, 0.3) is 0 Å². The minimum atomic E-state index is -0.652. The van der Waals surface area contributed by atoms with Crippen LogP contribution in [0, 0.1) is 11.6 Å². The quantitative estimate of drug-likeness (QED) is 0.905. The van der Waals surface area contributed by atoms with Crippen LogP contribution in [-0.2, 0) is 0 Å². The first-order valence-electron chi connectivity index (χ1n) is 5.74. The van der Waals surface area contributed by atoms with Gasteiger partial charge in [0.15, 0.2) is 0 Å².